The lowest BCUT2D eigenvalue weighted by molar-refractivity contribution is -0.380. The highest BCUT2D eigenvalue weighted by molar-refractivity contribution is 8.02. The monoisotopic (exact) mass is 310 g/mol. The van der Waals surface area contributed by atoms with E-state index in [4.69, 9.17) is 0 Å². The van der Waals surface area contributed by atoms with Gasteiger partial charge in [-0.2, -0.15) is 0 Å². The van der Waals surface area contributed by atoms with Crippen molar-refractivity contribution in [2.45, 2.75) is 16.0 Å². The third-order valence-electron chi connectivity index (χ3n) is 2.43. The van der Waals surface area contributed by atoms with Crippen LogP contribution in [0.25, 0.3) is 0 Å². The van der Waals surface area contributed by atoms with Crippen LogP contribution in [0, 0.1) is 10.1 Å². The molecule has 0 fully saturated rings. The molecule has 2 aromatic rings. The molecular formula is C12H10N2O4S2. The number of thioether (sulfide) groups is 1. The molecule has 0 amide bonds. The van der Waals surface area contributed by atoms with E-state index in [1.165, 1.54) is 0 Å². The first kappa shape index (κ1) is 14.5. The largest absolute Gasteiger partial charge is 0.480 e. The van der Waals surface area contributed by atoms with E-state index in [9.17, 15) is 20.0 Å². The Kier molecular flexibility index (Phi) is 4.70. The van der Waals surface area contributed by atoms with Crippen molar-refractivity contribution in [2.75, 3.05) is 0 Å². The minimum absolute atomic E-state index is 0.0867. The van der Waals surface area contributed by atoms with Gasteiger partial charge in [0.05, 0.1) is 4.92 Å². The highest BCUT2D eigenvalue weighted by atomic mass is 32.2. The Balaban J connectivity index is 2.09. The minimum Gasteiger partial charge on any atom is -0.480 e. The summed E-state index contributed by atoms with van der Waals surface area (Å²) in [7, 11) is 0. The first-order valence-electron chi connectivity index (χ1n) is 5.60. The molecule has 1 aromatic carbocycles. The number of nitrogens with zero attached hydrogens (tertiary/aromatic N) is 2. The predicted molar refractivity (Wildman–Crippen MR) is 76.2 cm³/mol. The van der Waals surface area contributed by atoms with Gasteiger partial charge in [0.25, 0.3) is 0 Å². The number of aliphatic carboxylic acids is 1. The molecule has 8 heteroatoms. The summed E-state index contributed by atoms with van der Waals surface area (Å²) in [6.07, 6.45) is 1.49. The Morgan fingerprint density at radius 2 is 2.15 bits per heavy atom. The van der Waals surface area contributed by atoms with E-state index in [1.807, 2.05) is 30.3 Å². The van der Waals surface area contributed by atoms with Gasteiger partial charge in [-0.25, -0.2) is 4.98 Å². The standard InChI is InChI=1S/C12H10N2O4S2/c15-11(16)9(6-8-4-2-1-3-5-8)19-12-13-7-10(20-12)14(17)18/h1-5,7,9H,6H2,(H,15,16). The van der Waals surface area contributed by atoms with Crippen molar-refractivity contribution >= 4 is 34.1 Å². The van der Waals surface area contributed by atoms with E-state index >= 15 is 0 Å². The van der Waals surface area contributed by atoms with E-state index in [-0.39, 0.29) is 5.00 Å². The minimum atomic E-state index is -0.961. The van der Waals surface area contributed by atoms with Crippen LogP contribution in [0.1, 0.15) is 5.56 Å². The summed E-state index contributed by atoms with van der Waals surface area (Å²) in [5.74, 6) is -0.961. The Hall–Kier alpha value is -1.93. The summed E-state index contributed by atoms with van der Waals surface area (Å²) >= 11 is 1.92. The SMILES string of the molecule is O=C(O)C(Cc1ccccc1)Sc1ncc([N+](=O)[O-])s1. The van der Waals surface area contributed by atoms with Gasteiger partial charge in [-0.1, -0.05) is 42.1 Å². The number of carbonyl (C=O) groups is 1. The lowest BCUT2D eigenvalue weighted by Crippen LogP contribution is -2.18. The number of nitro groups is 1. The summed E-state index contributed by atoms with van der Waals surface area (Å²) in [6, 6.07) is 9.23. The maximum absolute atomic E-state index is 11.3. The average molecular weight is 310 g/mol. The van der Waals surface area contributed by atoms with E-state index in [1.54, 1.807) is 0 Å². The van der Waals surface area contributed by atoms with Crippen molar-refractivity contribution in [2.24, 2.45) is 0 Å². The molecule has 0 aliphatic carbocycles. The lowest BCUT2D eigenvalue weighted by atomic mass is 10.1. The number of hydrogen-bond donors (Lipinski definition) is 1. The third kappa shape index (κ3) is 3.78. The molecule has 1 aromatic heterocycles. The Bertz CT molecular complexity index is 615. The zero-order valence-corrected chi connectivity index (χ0v) is 11.8. The highest BCUT2D eigenvalue weighted by Crippen LogP contribution is 2.33. The number of hydrogen-bond acceptors (Lipinski definition) is 6. The number of aromatic nitrogens is 1. The molecular weight excluding hydrogens is 300 g/mol. The topological polar surface area (TPSA) is 93.3 Å². The normalized spacial score (nSPS) is 12.0. The molecule has 104 valence electrons. The second-order valence-electron chi connectivity index (χ2n) is 3.86. The van der Waals surface area contributed by atoms with Gasteiger partial charge in [-0.05, 0) is 23.3 Å². The molecule has 0 aliphatic rings. The van der Waals surface area contributed by atoms with Gasteiger partial charge in [0.1, 0.15) is 11.4 Å². The van der Waals surface area contributed by atoms with Crippen molar-refractivity contribution in [1.29, 1.82) is 0 Å². The van der Waals surface area contributed by atoms with Gasteiger partial charge < -0.3 is 5.11 Å². The third-order valence-corrected chi connectivity index (χ3v) is 4.68. The first-order chi connectivity index (χ1) is 9.56. The fraction of sp³-hybridized carbons (Fsp3) is 0.167. The van der Waals surface area contributed by atoms with E-state index in [2.05, 4.69) is 4.98 Å². The number of thiazole rings is 1. The molecule has 6 nitrogen and oxygen atoms in total. The molecule has 0 bridgehead atoms. The fourth-order valence-corrected chi connectivity index (χ4v) is 3.51. The van der Waals surface area contributed by atoms with Crippen LogP contribution in [0.3, 0.4) is 0 Å². The number of carboxylic acid groups (broad SMARTS) is 1. The number of benzene rings is 1. The van der Waals surface area contributed by atoms with Gasteiger partial charge in [0.2, 0.25) is 0 Å². The Labute approximate surface area is 122 Å². The van der Waals surface area contributed by atoms with Gasteiger partial charge in [-0.15, -0.1) is 0 Å². The molecule has 0 saturated carbocycles. The molecule has 0 aliphatic heterocycles. The van der Waals surface area contributed by atoms with E-state index in [0.717, 1.165) is 34.9 Å². The van der Waals surface area contributed by atoms with Crippen molar-refractivity contribution in [3.8, 4) is 0 Å². The summed E-state index contributed by atoms with van der Waals surface area (Å²) in [5.41, 5.74) is 0.901. The molecule has 1 atom stereocenters. The highest BCUT2D eigenvalue weighted by Gasteiger charge is 2.22. The number of rotatable bonds is 6. The van der Waals surface area contributed by atoms with Crippen molar-refractivity contribution in [1.82, 2.24) is 4.98 Å². The second-order valence-corrected chi connectivity index (χ2v) is 6.31. The zero-order valence-electron chi connectivity index (χ0n) is 10.1. The molecule has 20 heavy (non-hydrogen) atoms. The molecule has 1 heterocycles. The molecule has 0 spiro atoms. The van der Waals surface area contributed by atoms with Crippen LogP contribution >= 0.6 is 23.1 Å². The van der Waals surface area contributed by atoms with Crippen LogP contribution in [0.4, 0.5) is 5.00 Å². The fourth-order valence-electron chi connectivity index (χ4n) is 1.52. The summed E-state index contributed by atoms with van der Waals surface area (Å²) < 4.78 is 0.389. The Morgan fingerprint density at radius 3 is 2.70 bits per heavy atom. The van der Waals surface area contributed by atoms with Crippen LogP contribution in [-0.4, -0.2) is 26.2 Å². The van der Waals surface area contributed by atoms with Crippen LogP contribution < -0.4 is 0 Å². The van der Waals surface area contributed by atoms with E-state index in [0.29, 0.717) is 10.8 Å². The van der Waals surface area contributed by atoms with Gasteiger partial charge in [-0.3, -0.25) is 14.9 Å². The summed E-state index contributed by atoms with van der Waals surface area (Å²) in [4.78, 5) is 25.2. The van der Waals surface area contributed by atoms with Crippen LogP contribution in [-0.2, 0) is 11.2 Å². The molecule has 0 saturated heterocycles. The summed E-state index contributed by atoms with van der Waals surface area (Å²) in [6.45, 7) is 0. The summed E-state index contributed by atoms with van der Waals surface area (Å²) in [5, 5.41) is 19.0. The van der Waals surface area contributed by atoms with Crippen molar-refractivity contribution in [3.63, 3.8) is 0 Å². The molecule has 0 radical (unpaired) electrons. The quantitative estimate of drug-likeness (QED) is 0.501. The second kappa shape index (κ2) is 6.49. The maximum atomic E-state index is 11.3. The van der Waals surface area contributed by atoms with Gasteiger partial charge in [0, 0.05) is 0 Å². The average Bonchev–Trinajstić information content (AvgIpc) is 2.88. The van der Waals surface area contributed by atoms with Gasteiger partial charge in [0.15, 0.2) is 4.34 Å². The smallest absolute Gasteiger partial charge is 0.344 e. The van der Waals surface area contributed by atoms with Crippen LogP contribution in [0.2, 0.25) is 0 Å². The van der Waals surface area contributed by atoms with E-state index < -0.39 is 16.1 Å². The first-order valence-corrected chi connectivity index (χ1v) is 7.29. The predicted octanol–water partition coefficient (Wildman–Crippen LogP) is 2.84. The molecule has 1 unspecified atom stereocenters. The lowest BCUT2D eigenvalue weighted by Gasteiger charge is -2.09. The van der Waals surface area contributed by atoms with Crippen molar-refractivity contribution in [3.05, 3.63) is 52.2 Å². The van der Waals surface area contributed by atoms with Crippen LogP contribution in [0.15, 0.2) is 40.9 Å². The molecule has 2 rings (SSSR count). The molecule has 1 N–H and O–H groups in total. The number of carboxylic acids is 1. The Morgan fingerprint density at radius 1 is 1.45 bits per heavy atom. The van der Waals surface area contributed by atoms with Gasteiger partial charge >= 0.3 is 11.0 Å². The zero-order chi connectivity index (χ0) is 14.5. The maximum Gasteiger partial charge on any atom is 0.344 e. The van der Waals surface area contributed by atoms with Crippen LogP contribution in [0.5, 0.6) is 0 Å². The van der Waals surface area contributed by atoms with Crippen molar-refractivity contribution < 1.29 is 14.8 Å².